The Labute approximate surface area is 130 Å². The van der Waals surface area contributed by atoms with E-state index in [1.165, 1.54) is 23.5 Å². The van der Waals surface area contributed by atoms with Gasteiger partial charge in [0.25, 0.3) is 0 Å². The Morgan fingerprint density at radius 1 is 1.27 bits per heavy atom. The third kappa shape index (κ3) is 3.86. The maximum absolute atomic E-state index is 12.0. The van der Waals surface area contributed by atoms with E-state index in [0.717, 1.165) is 11.1 Å². The van der Waals surface area contributed by atoms with Gasteiger partial charge in [-0.2, -0.15) is 0 Å². The van der Waals surface area contributed by atoms with E-state index >= 15 is 0 Å². The van der Waals surface area contributed by atoms with Gasteiger partial charge in [-0.05, 0) is 61.2 Å². The molecule has 0 saturated carbocycles. The van der Waals surface area contributed by atoms with Crippen molar-refractivity contribution in [1.82, 2.24) is 5.32 Å². The molecule has 4 nitrogen and oxygen atoms in total. The number of nitrogens with one attached hydrogen (secondary N) is 1. The first kappa shape index (κ1) is 16.0. The number of rotatable bonds is 5. The fourth-order valence-corrected chi connectivity index (χ4v) is 2.24. The molecule has 0 fully saturated rings. The number of aliphatic hydroxyl groups excluding tert-OH is 1. The smallest absolute Gasteiger partial charge is 0.244 e. The number of hydrogen-bond donors (Lipinski definition) is 2. The summed E-state index contributed by atoms with van der Waals surface area (Å²) in [5, 5.41) is 12.1. The lowest BCUT2D eigenvalue weighted by Crippen LogP contribution is -2.28. The third-order valence-electron chi connectivity index (χ3n) is 3.68. The van der Waals surface area contributed by atoms with Crippen LogP contribution in [0.4, 0.5) is 0 Å². The predicted octanol–water partition coefficient (Wildman–Crippen LogP) is 3.07. The van der Waals surface area contributed by atoms with E-state index in [9.17, 15) is 9.90 Å². The lowest BCUT2D eigenvalue weighted by Gasteiger charge is -2.12. The Morgan fingerprint density at radius 2 is 2.00 bits per heavy atom. The van der Waals surface area contributed by atoms with Crippen molar-refractivity contribution in [3.05, 3.63) is 64.6 Å². The highest BCUT2D eigenvalue weighted by Gasteiger charge is 2.14. The minimum atomic E-state index is -0.534. The minimum absolute atomic E-state index is 0.213. The van der Waals surface area contributed by atoms with Crippen LogP contribution in [0.15, 0.2) is 41.0 Å². The SMILES string of the molecule is Cc1cc(C)c(/C=C/C(=O)NC(CO)c2ccco2)cc1C. The molecule has 1 aromatic heterocycles. The van der Waals surface area contributed by atoms with Gasteiger partial charge in [0, 0.05) is 6.08 Å². The maximum atomic E-state index is 12.0. The molecule has 0 saturated heterocycles. The van der Waals surface area contributed by atoms with Crippen LogP contribution in [-0.2, 0) is 4.79 Å². The van der Waals surface area contributed by atoms with Gasteiger partial charge in [-0.3, -0.25) is 4.79 Å². The van der Waals surface area contributed by atoms with Crippen molar-refractivity contribution in [2.75, 3.05) is 6.61 Å². The van der Waals surface area contributed by atoms with Crippen LogP contribution in [0.5, 0.6) is 0 Å². The molecule has 1 atom stereocenters. The molecular weight excluding hydrogens is 278 g/mol. The average molecular weight is 299 g/mol. The van der Waals surface area contributed by atoms with Gasteiger partial charge in [-0.15, -0.1) is 0 Å². The van der Waals surface area contributed by atoms with Gasteiger partial charge in [0.1, 0.15) is 11.8 Å². The first-order valence-electron chi connectivity index (χ1n) is 7.22. The zero-order valence-electron chi connectivity index (χ0n) is 13.1. The van der Waals surface area contributed by atoms with Crippen LogP contribution < -0.4 is 5.32 Å². The Kier molecular flexibility index (Phi) is 5.17. The van der Waals surface area contributed by atoms with E-state index in [0.29, 0.717) is 5.76 Å². The largest absolute Gasteiger partial charge is 0.467 e. The molecule has 0 radical (unpaired) electrons. The van der Waals surface area contributed by atoms with E-state index in [1.54, 1.807) is 18.2 Å². The summed E-state index contributed by atoms with van der Waals surface area (Å²) in [7, 11) is 0. The molecule has 2 N–H and O–H groups in total. The second kappa shape index (κ2) is 7.09. The predicted molar refractivity (Wildman–Crippen MR) is 86.4 cm³/mol. The highest BCUT2D eigenvalue weighted by molar-refractivity contribution is 5.92. The van der Waals surface area contributed by atoms with Crippen LogP contribution in [0, 0.1) is 20.8 Å². The molecule has 2 aromatic rings. The van der Waals surface area contributed by atoms with E-state index in [2.05, 4.69) is 24.4 Å². The van der Waals surface area contributed by atoms with Crippen LogP contribution >= 0.6 is 0 Å². The Morgan fingerprint density at radius 3 is 2.64 bits per heavy atom. The number of aryl methyl sites for hydroxylation is 3. The summed E-state index contributed by atoms with van der Waals surface area (Å²) in [6.07, 6.45) is 4.77. The topological polar surface area (TPSA) is 62.5 Å². The molecule has 1 unspecified atom stereocenters. The molecule has 4 heteroatoms. The molecule has 0 spiro atoms. The standard InChI is InChI=1S/C18H21NO3/c1-12-9-14(3)15(10-13(12)2)6-7-18(21)19-16(11-20)17-5-4-8-22-17/h4-10,16,20H,11H2,1-3H3,(H,19,21)/b7-6+. The Balaban J connectivity index is 2.07. The zero-order valence-corrected chi connectivity index (χ0v) is 13.1. The molecule has 22 heavy (non-hydrogen) atoms. The van der Waals surface area contributed by atoms with Crippen LogP contribution in [-0.4, -0.2) is 17.6 Å². The number of hydrogen-bond acceptors (Lipinski definition) is 3. The Bertz CT molecular complexity index is 672. The van der Waals surface area contributed by atoms with Crippen molar-refractivity contribution in [3.8, 4) is 0 Å². The number of benzene rings is 1. The average Bonchev–Trinajstić information content (AvgIpc) is 3.01. The summed E-state index contributed by atoms with van der Waals surface area (Å²) < 4.78 is 5.20. The monoisotopic (exact) mass is 299 g/mol. The second-order valence-electron chi connectivity index (χ2n) is 5.39. The van der Waals surface area contributed by atoms with Crippen molar-refractivity contribution in [2.45, 2.75) is 26.8 Å². The summed E-state index contributed by atoms with van der Waals surface area (Å²) >= 11 is 0. The van der Waals surface area contributed by atoms with Crippen molar-refractivity contribution in [1.29, 1.82) is 0 Å². The molecule has 2 rings (SSSR count). The van der Waals surface area contributed by atoms with Crippen LogP contribution in [0.25, 0.3) is 6.08 Å². The van der Waals surface area contributed by atoms with Crippen molar-refractivity contribution in [3.63, 3.8) is 0 Å². The number of carbonyl (C=O) groups is 1. The maximum Gasteiger partial charge on any atom is 0.244 e. The van der Waals surface area contributed by atoms with Crippen LogP contribution in [0.3, 0.4) is 0 Å². The summed E-state index contributed by atoms with van der Waals surface area (Å²) in [5.74, 6) is 0.264. The van der Waals surface area contributed by atoms with Gasteiger partial charge >= 0.3 is 0 Å². The zero-order chi connectivity index (χ0) is 16.1. The van der Waals surface area contributed by atoms with E-state index in [4.69, 9.17) is 4.42 Å². The first-order valence-corrected chi connectivity index (χ1v) is 7.22. The van der Waals surface area contributed by atoms with Crippen LogP contribution in [0.1, 0.15) is 34.1 Å². The minimum Gasteiger partial charge on any atom is -0.467 e. The van der Waals surface area contributed by atoms with Crippen molar-refractivity contribution < 1.29 is 14.3 Å². The first-order chi connectivity index (χ1) is 10.5. The summed E-state index contributed by atoms with van der Waals surface area (Å²) in [4.78, 5) is 12.0. The fourth-order valence-electron chi connectivity index (χ4n) is 2.24. The number of amides is 1. The van der Waals surface area contributed by atoms with E-state index < -0.39 is 6.04 Å². The molecule has 0 aliphatic heterocycles. The highest BCUT2D eigenvalue weighted by Crippen LogP contribution is 2.17. The number of carbonyl (C=O) groups excluding carboxylic acids is 1. The molecule has 116 valence electrons. The van der Waals surface area contributed by atoms with Crippen molar-refractivity contribution in [2.24, 2.45) is 0 Å². The molecule has 0 bridgehead atoms. The third-order valence-corrected chi connectivity index (χ3v) is 3.68. The van der Waals surface area contributed by atoms with Crippen LogP contribution in [0.2, 0.25) is 0 Å². The molecule has 0 aliphatic rings. The van der Waals surface area contributed by atoms with Gasteiger partial charge < -0.3 is 14.8 Å². The molecule has 1 heterocycles. The number of aliphatic hydroxyl groups is 1. The fraction of sp³-hybridized carbons (Fsp3) is 0.278. The second-order valence-corrected chi connectivity index (χ2v) is 5.39. The molecule has 1 amide bonds. The summed E-state index contributed by atoms with van der Waals surface area (Å²) in [5.41, 5.74) is 4.56. The van der Waals surface area contributed by atoms with E-state index in [-0.39, 0.29) is 12.5 Å². The summed E-state index contributed by atoms with van der Waals surface area (Å²) in [6.45, 7) is 5.92. The lowest BCUT2D eigenvalue weighted by atomic mass is 10.0. The summed E-state index contributed by atoms with van der Waals surface area (Å²) in [6, 6.07) is 7.07. The van der Waals surface area contributed by atoms with Gasteiger partial charge in [0.2, 0.25) is 5.91 Å². The molecular formula is C18H21NO3. The number of furan rings is 1. The van der Waals surface area contributed by atoms with Crippen molar-refractivity contribution >= 4 is 12.0 Å². The van der Waals surface area contributed by atoms with Gasteiger partial charge in [-0.1, -0.05) is 12.1 Å². The van der Waals surface area contributed by atoms with Gasteiger partial charge in [0.15, 0.2) is 0 Å². The molecule has 0 aliphatic carbocycles. The van der Waals surface area contributed by atoms with E-state index in [1.807, 2.05) is 13.8 Å². The molecule has 1 aromatic carbocycles. The van der Waals surface area contributed by atoms with Gasteiger partial charge in [-0.25, -0.2) is 0 Å². The quantitative estimate of drug-likeness (QED) is 0.834. The highest BCUT2D eigenvalue weighted by atomic mass is 16.3. The normalized spacial score (nSPS) is 12.5. The van der Waals surface area contributed by atoms with Gasteiger partial charge in [0.05, 0.1) is 12.9 Å². The lowest BCUT2D eigenvalue weighted by molar-refractivity contribution is -0.117. The Hall–Kier alpha value is -2.33.